The molecular weight excluding hydrogens is 228 g/mol. The summed E-state index contributed by atoms with van der Waals surface area (Å²) in [6.07, 6.45) is 7.53. The maximum atomic E-state index is 2.49. The molecule has 4 unspecified atom stereocenters. The summed E-state index contributed by atoms with van der Waals surface area (Å²) in [6.45, 7) is 14.9. The fourth-order valence-electron chi connectivity index (χ4n) is 5.13. The molecular formula is C19H36. The van der Waals surface area contributed by atoms with E-state index in [9.17, 15) is 0 Å². The molecule has 2 aliphatic carbocycles. The molecule has 2 fully saturated rings. The Kier molecular flexibility index (Phi) is 5.01. The molecule has 0 aliphatic heterocycles. The fraction of sp³-hybridized carbons (Fsp3) is 1.00. The Morgan fingerprint density at radius 1 is 0.526 bits per heavy atom. The molecule has 4 atom stereocenters. The second-order valence-corrected chi connectivity index (χ2v) is 8.54. The summed E-state index contributed by atoms with van der Waals surface area (Å²) in [5, 5.41) is 0. The van der Waals surface area contributed by atoms with Crippen molar-refractivity contribution in [3.63, 3.8) is 0 Å². The average molecular weight is 264 g/mol. The van der Waals surface area contributed by atoms with Crippen LogP contribution in [0.25, 0.3) is 0 Å². The minimum atomic E-state index is 0.945. The van der Waals surface area contributed by atoms with Crippen LogP contribution in [-0.2, 0) is 0 Å². The average Bonchev–Trinajstić information content (AvgIpc) is 2.33. The molecule has 0 spiro atoms. The van der Waals surface area contributed by atoms with Crippen LogP contribution in [0.3, 0.4) is 0 Å². The first-order valence-electron chi connectivity index (χ1n) is 8.88. The number of hydrogen-bond acceptors (Lipinski definition) is 0. The molecule has 0 nitrogen and oxygen atoms in total. The summed E-state index contributed by atoms with van der Waals surface area (Å²) in [6, 6.07) is 0. The Balaban J connectivity index is 1.88. The highest BCUT2D eigenvalue weighted by atomic mass is 14.4. The quantitative estimate of drug-likeness (QED) is 0.572. The summed E-state index contributed by atoms with van der Waals surface area (Å²) < 4.78 is 0. The largest absolute Gasteiger partial charge is 0.0622 e. The van der Waals surface area contributed by atoms with E-state index in [-0.39, 0.29) is 0 Å². The van der Waals surface area contributed by atoms with Crippen LogP contribution < -0.4 is 0 Å². The summed E-state index contributed by atoms with van der Waals surface area (Å²) in [4.78, 5) is 0. The fourth-order valence-corrected chi connectivity index (χ4v) is 5.13. The molecule has 2 rings (SSSR count). The molecule has 0 N–H and O–H groups in total. The molecule has 112 valence electrons. The molecule has 2 aliphatic rings. The summed E-state index contributed by atoms with van der Waals surface area (Å²) in [5.41, 5.74) is 0. The Morgan fingerprint density at radius 2 is 0.789 bits per heavy atom. The maximum Gasteiger partial charge on any atom is -0.0391 e. The second kappa shape index (κ2) is 6.19. The van der Waals surface area contributed by atoms with E-state index in [4.69, 9.17) is 0 Å². The predicted octanol–water partition coefficient (Wildman–Crippen LogP) is 6.01. The Labute approximate surface area is 121 Å². The Bertz CT molecular complexity index is 230. The van der Waals surface area contributed by atoms with Crippen LogP contribution >= 0.6 is 0 Å². The van der Waals surface area contributed by atoms with Crippen molar-refractivity contribution >= 4 is 0 Å². The SMILES string of the molecule is CC1CC(CC2CC(C)C(C)C(C)C2)CC(C)C1C. The zero-order valence-electron chi connectivity index (χ0n) is 14.2. The molecule has 0 aromatic carbocycles. The van der Waals surface area contributed by atoms with Crippen LogP contribution in [0.1, 0.15) is 73.6 Å². The van der Waals surface area contributed by atoms with Gasteiger partial charge >= 0.3 is 0 Å². The first-order chi connectivity index (χ1) is 8.88. The van der Waals surface area contributed by atoms with Crippen LogP contribution in [0.2, 0.25) is 0 Å². The van der Waals surface area contributed by atoms with Crippen molar-refractivity contribution in [3.8, 4) is 0 Å². The zero-order valence-corrected chi connectivity index (χ0v) is 14.2. The molecule has 0 aromatic heterocycles. The zero-order chi connectivity index (χ0) is 14.2. The normalized spacial score (nSPS) is 52.1. The van der Waals surface area contributed by atoms with Gasteiger partial charge in [0.05, 0.1) is 0 Å². The van der Waals surface area contributed by atoms with Gasteiger partial charge in [0.2, 0.25) is 0 Å². The van der Waals surface area contributed by atoms with Gasteiger partial charge in [0.15, 0.2) is 0 Å². The maximum absolute atomic E-state index is 2.49. The van der Waals surface area contributed by atoms with E-state index < -0.39 is 0 Å². The van der Waals surface area contributed by atoms with Gasteiger partial charge in [-0.05, 0) is 79.4 Å². The summed E-state index contributed by atoms with van der Waals surface area (Å²) >= 11 is 0. The van der Waals surface area contributed by atoms with Crippen molar-refractivity contribution in [1.29, 1.82) is 0 Å². The monoisotopic (exact) mass is 264 g/mol. The molecule has 0 saturated heterocycles. The van der Waals surface area contributed by atoms with E-state index in [1.807, 2.05) is 0 Å². The third-order valence-electron chi connectivity index (χ3n) is 7.08. The van der Waals surface area contributed by atoms with E-state index in [1.165, 1.54) is 32.1 Å². The van der Waals surface area contributed by atoms with Crippen molar-refractivity contribution in [2.75, 3.05) is 0 Å². The molecule has 0 heteroatoms. The van der Waals surface area contributed by atoms with E-state index in [2.05, 4.69) is 41.5 Å². The lowest BCUT2D eigenvalue weighted by molar-refractivity contribution is 0.0847. The van der Waals surface area contributed by atoms with Crippen LogP contribution in [-0.4, -0.2) is 0 Å². The highest BCUT2D eigenvalue weighted by Crippen LogP contribution is 2.45. The van der Waals surface area contributed by atoms with Gasteiger partial charge < -0.3 is 0 Å². The van der Waals surface area contributed by atoms with Crippen LogP contribution in [0.4, 0.5) is 0 Å². The van der Waals surface area contributed by atoms with Crippen molar-refractivity contribution in [1.82, 2.24) is 0 Å². The molecule has 2 saturated carbocycles. The molecule has 0 bridgehead atoms. The van der Waals surface area contributed by atoms with E-state index in [0.29, 0.717) is 0 Å². The molecule has 19 heavy (non-hydrogen) atoms. The molecule has 0 heterocycles. The lowest BCUT2D eigenvalue weighted by Crippen LogP contribution is -2.32. The molecule has 0 aromatic rings. The van der Waals surface area contributed by atoms with Crippen LogP contribution in [0.15, 0.2) is 0 Å². The Morgan fingerprint density at radius 3 is 1.05 bits per heavy atom. The summed E-state index contributed by atoms with van der Waals surface area (Å²) in [7, 11) is 0. The molecule has 0 radical (unpaired) electrons. The molecule has 0 amide bonds. The van der Waals surface area contributed by atoms with E-state index in [1.54, 1.807) is 0 Å². The van der Waals surface area contributed by atoms with Gasteiger partial charge in [-0.1, -0.05) is 41.5 Å². The lowest BCUT2D eigenvalue weighted by atomic mass is 9.64. The smallest absolute Gasteiger partial charge is 0.0391 e. The van der Waals surface area contributed by atoms with Gasteiger partial charge in [0, 0.05) is 0 Å². The minimum absolute atomic E-state index is 0.945. The number of hydrogen-bond donors (Lipinski definition) is 0. The van der Waals surface area contributed by atoms with Crippen molar-refractivity contribution in [3.05, 3.63) is 0 Å². The lowest BCUT2D eigenvalue weighted by Gasteiger charge is -2.42. The van der Waals surface area contributed by atoms with Crippen LogP contribution in [0.5, 0.6) is 0 Å². The second-order valence-electron chi connectivity index (χ2n) is 8.54. The van der Waals surface area contributed by atoms with Crippen molar-refractivity contribution < 1.29 is 0 Å². The highest BCUT2D eigenvalue weighted by molar-refractivity contribution is 4.85. The first-order valence-corrected chi connectivity index (χ1v) is 8.88. The predicted molar refractivity (Wildman–Crippen MR) is 85.0 cm³/mol. The minimum Gasteiger partial charge on any atom is -0.0622 e. The first kappa shape index (κ1) is 15.4. The van der Waals surface area contributed by atoms with Crippen molar-refractivity contribution in [2.24, 2.45) is 47.3 Å². The van der Waals surface area contributed by atoms with Gasteiger partial charge in [-0.2, -0.15) is 0 Å². The van der Waals surface area contributed by atoms with E-state index >= 15 is 0 Å². The van der Waals surface area contributed by atoms with Crippen molar-refractivity contribution in [2.45, 2.75) is 73.6 Å². The third-order valence-corrected chi connectivity index (χ3v) is 7.08. The number of rotatable bonds is 2. The van der Waals surface area contributed by atoms with Crippen LogP contribution in [0, 0.1) is 47.3 Å². The summed E-state index contributed by atoms with van der Waals surface area (Å²) in [5.74, 6) is 7.74. The standard InChI is InChI=1S/C19H36/c1-12-7-18(8-13(2)16(12)5)11-19-9-14(3)17(6)15(4)10-19/h12-19H,7-11H2,1-6H3. The van der Waals surface area contributed by atoms with Gasteiger partial charge in [0.25, 0.3) is 0 Å². The topological polar surface area (TPSA) is 0 Å². The van der Waals surface area contributed by atoms with Gasteiger partial charge in [-0.3, -0.25) is 0 Å². The van der Waals surface area contributed by atoms with Gasteiger partial charge in [-0.25, -0.2) is 0 Å². The van der Waals surface area contributed by atoms with Gasteiger partial charge in [-0.15, -0.1) is 0 Å². The van der Waals surface area contributed by atoms with Gasteiger partial charge in [0.1, 0.15) is 0 Å². The highest BCUT2D eigenvalue weighted by Gasteiger charge is 2.35. The van der Waals surface area contributed by atoms with E-state index in [0.717, 1.165) is 47.3 Å². The Hall–Kier alpha value is 0. The third kappa shape index (κ3) is 3.56.